The van der Waals surface area contributed by atoms with E-state index in [1.807, 2.05) is 6.08 Å². The molecule has 8 rings (SSSR count). The predicted octanol–water partition coefficient (Wildman–Crippen LogP) is 4.92. The average molecular weight is 727 g/mol. The minimum absolute atomic E-state index is 0.0394. The number of aromatic nitrogens is 2. The highest BCUT2D eigenvalue weighted by Gasteiger charge is 2.57. The molecule has 2 saturated carbocycles. The molecule has 2 N–H and O–H groups in total. The lowest BCUT2D eigenvalue weighted by Crippen LogP contribution is -2.50. The molecule has 0 radical (unpaired) electrons. The second-order valence-electron chi connectivity index (χ2n) is 16.4. The van der Waals surface area contributed by atoms with E-state index in [9.17, 15) is 19.2 Å². The van der Waals surface area contributed by atoms with E-state index in [2.05, 4.69) is 51.7 Å². The Labute approximate surface area is 312 Å². The molecule has 53 heavy (non-hydrogen) atoms. The lowest BCUT2D eigenvalue weighted by molar-refractivity contribution is -0.134. The lowest BCUT2D eigenvalue weighted by atomic mass is 9.52. The van der Waals surface area contributed by atoms with Gasteiger partial charge in [-0.2, -0.15) is 9.97 Å². The van der Waals surface area contributed by atoms with Crippen LogP contribution in [0.25, 0.3) is 0 Å². The van der Waals surface area contributed by atoms with Crippen LogP contribution in [0.4, 0.5) is 17.6 Å². The molecule has 4 heterocycles. The topological polar surface area (TPSA) is 147 Å². The summed E-state index contributed by atoms with van der Waals surface area (Å²) in [5.74, 6) is 2.31. The van der Waals surface area contributed by atoms with Crippen molar-refractivity contribution in [2.75, 3.05) is 73.6 Å². The number of anilines is 3. The van der Waals surface area contributed by atoms with Gasteiger partial charge < -0.3 is 24.9 Å². The molecule has 12 nitrogen and oxygen atoms in total. The molecule has 0 amide bonds. The van der Waals surface area contributed by atoms with Gasteiger partial charge in [0, 0.05) is 81.9 Å². The maximum atomic E-state index is 14.0. The summed E-state index contributed by atoms with van der Waals surface area (Å²) >= 11 is 0. The Balaban J connectivity index is 0.000000491. The molecule has 7 aliphatic rings. The second-order valence-corrected chi connectivity index (χ2v) is 16.4. The van der Waals surface area contributed by atoms with Crippen LogP contribution >= 0.6 is 0 Å². The highest BCUT2D eigenvalue weighted by Crippen LogP contribution is 2.64. The zero-order valence-corrected chi connectivity index (χ0v) is 31.2. The van der Waals surface area contributed by atoms with Crippen LogP contribution in [0.2, 0.25) is 0 Å². The van der Waals surface area contributed by atoms with Crippen molar-refractivity contribution in [1.29, 1.82) is 0 Å². The summed E-state index contributed by atoms with van der Waals surface area (Å²) in [7, 11) is 0. The van der Waals surface area contributed by atoms with Gasteiger partial charge in [0.05, 0.1) is 6.54 Å². The second kappa shape index (κ2) is 15.2. The van der Waals surface area contributed by atoms with Crippen molar-refractivity contribution in [3.63, 3.8) is 0 Å². The fourth-order valence-electron chi connectivity index (χ4n) is 10.4. The smallest absolute Gasteiger partial charge is 0.328 e. The number of ketones is 2. The van der Waals surface area contributed by atoms with Crippen molar-refractivity contribution in [1.82, 2.24) is 14.9 Å². The number of aliphatic carboxylic acids is 2. The Hall–Kier alpha value is -4.32. The zero-order valence-electron chi connectivity index (χ0n) is 31.2. The van der Waals surface area contributed by atoms with Gasteiger partial charge in [-0.15, -0.1) is 0 Å². The fourth-order valence-corrected chi connectivity index (χ4v) is 10.4. The maximum Gasteiger partial charge on any atom is 0.328 e. The minimum Gasteiger partial charge on any atom is -0.478 e. The fraction of sp³-hybridized carbons (Fsp3) is 0.610. The van der Waals surface area contributed by atoms with Crippen molar-refractivity contribution in [3.05, 3.63) is 53.7 Å². The van der Waals surface area contributed by atoms with Gasteiger partial charge in [0.2, 0.25) is 5.95 Å². The number of nitrogens with zero attached hydrogens (tertiary/aromatic N) is 6. The molecule has 5 fully saturated rings. The molecule has 3 saturated heterocycles. The van der Waals surface area contributed by atoms with E-state index in [0.29, 0.717) is 36.3 Å². The van der Waals surface area contributed by atoms with Gasteiger partial charge in [0.15, 0.2) is 5.78 Å². The first kappa shape index (κ1) is 37.0. The van der Waals surface area contributed by atoms with Gasteiger partial charge in [0.25, 0.3) is 0 Å². The van der Waals surface area contributed by atoms with Crippen LogP contribution in [0.15, 0.2) is 53.7 Å². The van der Waals surface area contributed by atoms with Crippen LogP contribution in [0.3, 0.4) is 0 Å². The third kappa shape index (κ3) is 7.57. The number of allylic oxidation sites excluding steroid dienone is 6. The van der Waals surface area contributed by atoms with E-state index < -0.39 is 11.9 Å². The molecule has 0 aromatic carbocycles. The van der Waals surface area contributed by atoms with E-state index in [1.165, 1.54) is 36.8 Å². The average Bonchev–Trinajstić information content (AvgIpc) is 3.94. The quantitative estimate of drug-likeness (QED) is 0.277. The Bertz CT molecular complexity index is 1680. The molecular weight excluding hydrogens is 672 g/mol. The molecule has 3 aliphatic heterocycles. The Morgan fingerprint density at radius 2 is 1.43 bits per heavy atom. The molecule has 284 valence electrons. The molecular formula is C41H54N6O6. The number of piperazine rings is 1. The number of Topliss-reactive ketones (excluding diaryl/α,β-unsaturated/α-hetero) is 1. The van der Waals surface area contributed by atoms with Crippen molar-refractivity contribution in [2.24, 2.45) is 28.6 Å². The molecule has 0 bridgehead atoms. The number of carboxylic acids is 2. The maximum absolute atomic E-state index is 14.0. The summed E-state index contributed by atoms with van der Waals surface area (Å²) in [5.41, 5.74) is 2.72. The number of carbonyl (C=O) groups is 4. The van der Waals surface area contributed by atoms with E-state index in [-0.39, 0.29) is 22.5 Å². The Morgan fingerprint density at radius 1 is 0.830 bits per heavy atom. The minimum atomic E-state index is -1.26. The van der Waals surface area contributed by atoms with Crippen LogP contribution < -0.4 is 14.7 Å². The normalized spacial score (nSPS) is 31.0. The third-order valence-electron chi connectivity index (χ3n) is 13.3. The number of hydrogen-bond donors (Lipinski definition) is 2. The Morgan fingerprint density at radius 3 is 2.06 bits per heavy atom. The first-order valence-electron chi connectivity index (χ1n) is 19.6. The van der Waals surface area contributed by atoms with E-state index in [1.54, 1.807) is 6.08 Å². The molecule has 5 atom stereocenters. The monoisotopic (exact) mass is 726 g/mol. The predicted molar refractivity (Wildman–Crippen MR) is 203 cm³/mol. The van der Waals surface area contributed by atoms with Gasteiger partial charge >= 0.3 is 11.9 Å². The SMILES string of the molecule is C[C@]12C=CC(=O)C=C1CC[C@@H]1C2=CC[C@]2(C)[C@@H](C(=O)CN3CCN(c4cc(N5CCCC5)nc(N5CCCC5)n4)CC3)CC[C@@H]12.O=C(O)/C=C/C(=O)O. The van der Waals surface area contributed by atoms with E-state index in [0.717, 1.165) is 102 Å². The summed E-state index contributed by atoms with van der Waals surface area (Å²) in [4.78, 5) is 64.9. The summed E-state index contributed by atoms with van der Waals surface area (Å²) < 4.78 is 0. The van der Waals surface area contributed by atoms with Gasteiger partial charge in [-0.3, -0.25) is 14.5 Å². The molecule has 1 aromatic heterocycles. The van der Waals surface area contributed by atoms with Crippen molar-refractivity contribution >= 4 is 41.1 Å². The van der Waals surface area contributed by atoms with Gasteiger partial charge in [-0.25, -0.2) is 9.59 Å². The Kier molecular flexibility index (Phi) is 10.6. The summed E-state index contributed by atoms with van der Waals surface area (Å²) in [6.07, 6.45) is 19.6. The zero-order chi connectivity index (χ0) is 37.3. The van der Waals surface area contributed by atoms with Crippen LogP contribution in [-0.2, 0) is 19.2 Å². The molecule has 12 heteroatoms. The third-order valence-corrected chi connectivity index (χ3v) is 13.3. The number of fused-ring (bicyclic) bond motifs is 5. The standard InChI is InChI=1S/C37H50N6O2.C4H4O4/c1-36-13-11-27(44)23-26(36)7-8-28-29-9-10-31(37(29,2)14-12-30(28)36)32(45)25-40-19-21-42(22-20-40)34-24-33(41-15-3-4-16-41)38-35(39-34)43-17-5-6-18-43;5-3(6)1-2-4(7)8/h11-13,23-24,28-29,31H,3-10,14-22,25H2,1-2H3;1-2H,(H,5,6)(H,7,8)/b;2-1+/t28-,29-,31+,36-,37-;/m0./s1. The molecule has 4 aliphatic carbocycles. The van der Waals surface area contributed by atoms with Gasteiger partial charge in [0.1, 0.15) is 17.4 Å². The largest absolute Gasteiger partial charge is 0.478 e. The number of rotatable bonds is 8. The van der Waals surface area contributed by atoms with Gasteiger partial charge in [-0.05, 0) is 94.1 Å². The first-order valence-corrected chi connectivity index (χ1v) is 19.6. The van der Waals surface area contributed by atoms with Crippen molar-refractivity contribution in [2.45, 2.75) is 71.6 Å². The number of carbonyl (C=O) groups excluding carboxylic acids is 2. The lowest BCUT2D eigenvalue weighted by Gasteiger charge is -2.52. The highest BCUT2D eigenvalue weighted by molar-refractivity contribution is 6.01. The van der Waals surface area contributed by atoms with Crippen LogP contribution in [0.1, 0.15) is 71.6 Å². The summed E-state index contributed by atoms with van der Waals surface area (Å²) in [6, 6.07) is 2.21. The molecule has 1 aromatic rings. The van der Waals surface area contributed by atoms with Crippen LogP contribution in [0.5, 0.6) is 0 Å². The van der Waals surface area contributed by atoms with Crippen LogP contribution in [0, 0.1) is 28.6 Å². The van der Waals surface area contributed by atoms with Gasteiger partial charge in [-0.1, -0.05) is 30.2 Å². The van der Waals surface area contributed by atoms with Crippen molar-refractivity contribution in [3.8, 4) is 0 Å². The number of carboxylic acid groups (broad SMARTS) is 2. The van der Waals surface area contributed by atoms with E-state index in [4.69, 9.17) is 20.2 Å². The van der Waals surface area contributed by atoms with Crippen molar-refractivity contribution < 1.29 is 29.4 Å². The highest BCUT2D eigenvalue weighted by atomic mass is 16.4. The summed E-state index contributed by atoms with van der Waals surface area (Å²) in [5, 5.41) is 15.6. The molecule has 0 spiro atoms. The summed E-state index contributed by atoms with van der Waals surface area (Å²) in [6.45, 7) is 13.1. The van der Waals surface area contributed by atoms with Crippen LogP contribution in [-0.4, -0.2) is 107 Å². The first-order chi connectivity index (χ1) is 25.4. The molecule has 0 unspecified atom stereocenters. The van der Waals surface area contributed by atoms with E-state index >= 15 is 0 Å². The number of hydrogen-bond acceptors (Lipinski definition) is 10.